The van der Waals surface area contributed by atoms with Crippen molar-refractivity contribution in [2.24, 2.45) is 7.05 Å². The van der Waals surface area contributed by atoms with Gasteiger partial charge in [-0.1, -0.05) is 12.1 Å². The molecule has 0 radical (unpaired) electrons. The fraction of sp³-hybridized carbons (Fsp3) is 0.118. The topological polar surface area (TPSA) is 73.2 Å². The molecule has 1 aromatic heterocycles. The first-order chi connectivity index (χ1) is 12.4. The van der Waals surface area contributed by atoms with Gasteiger partial charge in [0.2, 0.25) is 0 Å². The number of aryl methyl sites for hydroxylation is 1. The largest absolute Gasteiger partial charge is 0.496 e. The van der Waals surface area contributed by atoms with Crippen molar-refractivity contribution >= 4 is 43.4 Å². The monoisotopic (exact) mass is 453 g/mol. The van der Waals surface area contributed by atoms with E-state index in [0.717, 1.165) is 10.1 Å². The molecule has 0 aliphatic carbocycles. The van der Waals surface area contributed by atoms with Crippen molar-refractivity contribution in [1.82, 2.24) is 9.55 Å². The van der Waals surface area contributed by atoms with E-state index in [1.165, 1.54) is 31.0 Å². The maximum absolute atomic E-state index is 12.8. The van der Waals surface area contributed by atoms with E-state index in [4.69, 9.17) is 4.74 Å². The number of hydrogen-bond donors (Lipinski definition) is 1. The Labute approximate surface area is 164 Å². The number of halogens is 1. The number of sulfonamides is 1. The predicted octanol–water partition coefficient (Wildman–Crippen LogP) is 4.14. The number of nitrogens with one attached hydrogen (secondary N) is 1. The zero-order chi connectivity index (χ0) is 18.7. The Morgan fingerprint density at radius 1 is 1.23 bits per heavy atom. The zero-order valence-electron chi connectivity index (χ0n) is 14.0. The number of imidazole rings is 1. The van der Waals surface area contributed by atoms with Crippen molar-refractivity contribution in [2.75, 3.05) is 11.8 Å². The third-order valence-electron chi connectivity index (χ3n) is 3.54. The van der Waals surface area contributed by atoms with Gasteiger partial charge < -0.3 is 9.30 Å². The van der Waals surface area contributed by atoms with Crippen LogP contribution in [0, 0.1) is 0 Å². The molecule has 0 saturated heterocycles. The molecule has 3 aromatic rings. The van der Waals surface area contributed by atoms with Gasteiger partial charge in [-0.15, -0.1) is 0 Å². The summed E-state index contributed by atoms with van der Waals surface area (Å²) in [5, 5.41) is 0.767. The van der Waals surface area contributed by atoms with Gasteiger partial charge in [-0.05, 0) is 58.0 Å². The van der Waals surface area contributed by atoms with Crippen LogP contribution in [0.5, 0.6) is 5.75 Å². The highest BCUT2D eigenvalue weighted by Crippen LogP contribution is 2.34. The number of para-hydroxylation sites is 1. The van der Waals surface area contributed by atoms with E-state index >= 15 is 0 Å². The molecule has 6 nitrogen and oxygen atoms in total. The predicted molar refractivity (Wildman–Crippen MR) is 105 cm³/mol. The second-order valence-corrected chi connectivity index (χ2v) is 8.87. The Balaban J connectivity index is 1.91. The minimum atomic E-state index is -3.75. The smallest absolute Gasteiger partial charge is 0.261 e. The van der Waals surface area contributed by atoms with E-state index in [2.05, 4.69) is 25.6 Å². The molecular weight excluding hydrogens is 438 g/mol. The van der Waals surface area contributed by atoms with E-state index in [9.17, 15) is 8.42 Å². The minimum absolute atomic E-state index is 0.141. The van der Waals surface area contributed by atoms with Crippen LogP contribution in [0.2, 0.25) is 0 Å². The zero-order valence-corrected chi connectivity index (χ0v) is 17.2. The Morgan fingerprint density at radius 2 is 2.00 bits per heavy atom. The van der Waals surface area contributed by atoms with Crippen molar-refractivity contribution in [1.29, 1.82) is 0 Å². The molecule has 3 rings (SSSR count). The van der Waals surface area contributed by atoms with Crippen LogP contribution in [-0.4, -0.2) is 25.1 Å². The van der Waals surface area contributed by atoms with Crippen molar-refractivity contribution in [3.63, 3.8) is 0 Å². The molecule has 0 bridgehead atoms. The van der Waals surface area contributed by atoms with Gasteiger partial charge in [-0.25, -0.2) is 13.4 Å². The number of anilines is 1. The fourth-order valence-corrected chi connectivity index (χ4v) is 4.96. The van der Waals surface area contributed by atoms with Crippen molar-refractivity contribution in [3.8, 4) is 5.75 Å². The first-order valence-electron chi connectivity index (χ1n) is 7.51. The average Bonchev–Trinajstić information content (AvgIpc) is 3.01. The highest BCUT2D eigenvalue weighted by Gasteiger charge is 2.18. The van der Waals surface area contributed by atoms with Crippen LogP contribution in [0.1, 0.15) is 0 Å². The van der Waals surface area contributed by atoms with Crippen LogP contribution < -0.4 is 9.46 Å². The molecule has 1 heterocycles. The van der Waals surface area contributed by atoms with Crippen LogP contribution >= 0.6 is 27.7 Å². The molecular formula is C17H16BrN3O3S2. The molecule has 136 valence electrons. The molecule has 1 N–H and O–H groups in total. The Bertz CT molecular complexity index is 1040. The van der Waals surface area contributed by atoms with E-state index < -0.39 is 10.0 Å². The van der Waals surface area contributed by atoms with Gasteiger partial charge in [-0.3, -0.25) is 4.72 Å². The normalized spacial score (nSPS) is 11.3. The summed E-state index contributed by atoms with van der Waals surface area (Å²) in [6.07, 6.45) is 3.54. The maximum atomic E-state index is 12.8. The summed E-state index contributed by atoms with van der Waals surface area (Å²) in [5.74, 6) is 0.565. The number of benzene rings is 2. The molecule has 0 fully saturated rings. The molecule has 0 aliphatic heterocycles. The Hall–Kier alpha value is -1.97. The van der Waals surface area contributed by atoms with Gasteiger partial charge in [0.1, 0.15) is 5.75 Å². The number of rotatable bonds is 6. The van der Waals surface area contributed by atoms with E-state index in [1.807, 2.05) is 29.9 Å². The molecule has 0 amide bonds. The second kappa shape index (κ2) is 7.73. The molecule has 0 unspecified atom stereocenters. The van der Waals surface area contributed by atoms with Crippen LogP contribution in [0.3, 0.4) is 0 Å². The highest BCUT2D eigenvalue weighted by molar-refractivity contribution is 9.10. The van der Waals surface area contributed by atoms with Gasteiger partial charge in [0.25, 0.3) is 10.0 Å². The standard InChI is InChI=1S/C17H16BrN3O3S2/c1-21-10-9-19-17(21)25-16-6-4-3-5-14(16)20-26(22,23)12-7-8-15(24-2)13(18)11-12/h3-11,20H,1-2H3. The van der Waals surface area contributed by atoms with Crippen molar-refractivity contribution in [2.45, 2.75) is 14.9 Å². The lowest BCUT2D eigenvalue weighted by molar-refractivity contribution is 0.411. The van der Waals surface area contributed by atoms with Gasteiger partial charge >= 0.3 is 0 Å². The summed E-state index contributed by atoms with van der Waals surface area (Å²) in [5.41, 5.74) is 0.493. The molecule has 9 heteroatoms. The number of ether oxygens (including phenoxy) is 1. The summed E-state index contributed by atoms with van der Waals surface area (Å²) >= 11 is 4.70. The number of hydrogen-bond acceptors (Lipinski definition) is 5. The summed E-state index contributed by atoms with van der Waals surface area (Å²) in [7, 11) is -0.337. The third-order valence-corrected chi connectivity index (χ3v) is 6.68. The van der Waals surface area contributed by atoms with Crippen LogP contribution in [0.25, 0.3) is 0 Å². The maximum Gasteiger partial charge on any atom is 0.261 e. The van der Waals surface area contributed by atoms with Gasteiger partial charge in [0.15, 0.2) is 5.16 Å². The molecule has 0 saturated carbocycles. The van der Waals surface area contributed by atoms with Crippen molar-refractivity contribution in [3.05, 3.63) is 59.3 Å². The number of nitrogens with zero attached hydrogens (tertiary/aromatic N) is 2. The Morgan fingerprint density at radius 3 is 2.65 bits per heavy atom. The van der Waals surface area contributed by atoms with Gasteiger partial charge in [0, 0.05) is 24.3 Å². The van der Waals surface area contributed by atoms with Crippen molar-refractivity contribution < 1.29 is 13.2 Å². The lowest BCUT2D eigenvalue weighted by Gasteiger charge is -2.13. The molecule has 26 heavy (non-hydrogen) atoms. The lowest BCUT2D eigenvalue weighted by Crippen LogP contribution is -2.13. The second-order valence-electron chi connectivity index (χ2n) is 5.32. The molecule has 0 atom stereocenters. The quantitative estimate of drug-likeness (QED) is 0.606. The van der Waals surface area contributed by atoms with Crippen LogP contribution in [0.15, 0.2) is 74.3 Å². The number of aromatic nitrogens is 2. The summed E-state index contributed by atoms with van der Waals surface area (Å²) < 4.78 is 35.8. The van der Waals surface area contributed by atoms with Gasteiger partial charge in [-0.2, -0.15) is 0 Å². The summed E-state index contributed by atoms with van der Waals surface area (Å²) in [4.78, 5) is 5.17. The molecule has 0 spiro atoms. The fourth-order valence-electron chi connectivity index (χ4n) is 2.21. The summed E-state index contributed by atoms with van der Waals surface area (Å²) in [6.45, 7) is 0. The first kappa shape index (κ1) is 18.8. The van der Waals surface area contributed by atoms with Crippen LogP contribution in [-0.2, 0) is 17.1 Å². The van der Waals surface area contributed by atoms with E-state index in [1.54, 1.807) is 24.4 Å². The first-order valence-corrected chi connectivity index (χ1v) is 10.6. The lowest BCUT2D eigenvalue weighted by atomic mass is 10.3. The number of methoxy groups -OCH3 is 1. The SMILES string of the molecule is COc1ccc(S(=O)(=O)Nc2ccccc2Sc2nccn2C)cc1Br. The summed E-state index contributed by atoms with van der Waals surface area (Å²) in [6, 6.07) is 11.8. The molecule has 2 aromatic carbocycles. The van der Waals surface area contributed by atoms with Gasteiger partial charge in [0.05, 0.1) is 22.2 Å². The third kappa shape index (κ3) is 4.05. The highest BCUT2D eigenvalue weighted by atomic mass is 79.9. The molecule has 0 aliphatic rings. The minimum Gasteiger partial charge on any atom is -0.496 e. The van der Waals surface area contributed by atoms with E-state index in [-0.39, 0.29) is 4.90 Å². The van der Waals surface area contributed by atoms with Crippen LogP contribution in [0.4, 0.5) is 5.69 Å². The Kier molecular flexibility index (Phi) is 5.59. The average molecular weight is 454 g/mol. The van der Waals surface area contributed by atoms with E-state index in [0.29, 0.717) is 15.9 Å².